The molecule has 1 aromatic rings. The third-order valence-electron chi connectivity index (χ3n) is 1.43. The van der Waals surface area contributed by atoms with Crippen molar-refractivity contribution >= 4 is 24.6 Å². The highest BCUT2D eigenvalue weighted by molar-refractivity contribution is 6.46. The van der Waals surface area contributed by atoms with Gasteiger partial charge in [-0.3, -0.25) is 0 Å². The minimum Gasteiger partial charge on any atom is -0.475 e. The summed E-state index contributed by atoms with van der Waals surface area (Å²) in [5.74, 6) is -10.6. The Hall–Kier alpha value is -0.434. The molecule has 13 heavy (non-hydrogen) atoms. The zero-order valence-corrected chi connectivity index (χ0v) is 7.39. The topological polar surface area (TPSA) is 0 Å². The molecule has 0 fully saturated rings. The van der Waals surface area contributed by atoms with Crippen LogP contribution in [0.5, 0.6) is 0 Å². The lowest BCUT2D eigenvalue weighted by Crippen LogP contribution is -2.24. The van der Waals surface area contributed by atoms with Crippen LogP contribution in [0.15, 0.2) is 0 Å². The van der Waals surface area contributed by atoms with E-state index in [1.807, 2.05) is 0 Å². The highest BCUT2D eigenvalue weighted by Gasteiger charge is 2.26. The van der Waals surface area contributed by atoms with Gasteiger partial charge in [0.1, 0.15) is 11.6 Å². The van der Waals surface area contributed by atoms with Crippen LogP contribution in [0.4, 0.5) is 24.9 Å². The lowest BCUT2D eigenvalue weighted by molar-refractivity contribution is 0.383. The van der Waals surface area contributed by atoms with E-state index in [0.29, 0.717) is 0 Å². The van der Waals surface area contributed by atoms with Gasteiger partial charge in [-0.05, 0) is 3.69 Å². The smallest absolute Gasteiger partial charge is 0.475 e. The molecule has 0 amide bonds. The molecule has 0 unspecified atom stereocenters. The molecule has 0 saturated heterocycles. The quantitative estimate of drug-likeness (QED) is 0.286. The van der Waals surface area contributed by atoms with E-state index in [9.17, 15) is 24.9 Å². The number of hydrogen-bond acceptors (Lipinski definition) is 0. The summed E-state index contributed by atoms with van der Waals surface area (Å²) in [5.41, 5.74) is 0. The van der Waals surface area contributed by atoms with Gasteiger partial charge in [-0.1, -0.05) is 0 Å². The van der Waals surface area contributed by atoms with E-state index in [1.54, 1.807) is 0 Å². The minimum atomic E-state index is -2.92. The van der Waals surface area contributed by atoms with Crippen molar-refractivity contribution in [3.63, 3.8) is 0 Å². The van der Waals surface area contributed by atoms with Crippen LogP contribution in [0.2, 0.25) is 0 Å². The number of halogens is 6. The van der Waals surface area contributed by atoms with Crippen molar-refractivity contribution in [2.24, 2.45) is 0 Å². The second-order valence-corrected chi connectivity index (χ2v) is 3.16. The van der Waals surface area contributed by atoms with Gasteiger partial charge in [0.15, 0.2) is 17.5 Å². The summed E-state index contributed by atoms with van der Waals surface area (Å²) < 4.78 is 72.5. The zero-order valence-electron chi connectivity index (χ0n) is 5.97. The maximum atomic E-state index is 12.5. The highest BCUT2D eigenvalue weighted by Crippen LogP contribution is 2.15. The summed E-state index contributed by atoms with van der Waals surface area (Å²) in [5, 5.41) is 0. The summed E-state index contributed by atoms with van der Waals surface area (Å²) in [7, 11) is 0. The first-order valence-electron chi connectivity index (χ1n) is 3.07. The Kier molecular flexibility index (Phi) is 3.07. The molecule has 0 aromatic heterocycles. The van der Waals surface area contributed by atoms with E-state index >= 15 is 0 Å². The second kappa shape index (κ2) is 3.75. The van der Waals surface area contributed by atoms with Crippen LogP contribution in [0.25, 0.3) is 0 Å². The lowest BCUT2D eigenvalue weighted by Gasteiger charge is -2.03. The maximum Gasteiger partial charge on any atom is 0.658 e. The molecule has 0 atom stereocenters. The van der Waals surface area contributed by atoms with Crippen LogP contribution in [0, 0.1) is 29.1 Å². The van der Waals surface area contributed by atoms with Crippen LogP contribution in [-0.2, 0) is 0 Å². The number of benzene rings is 1. The highest BCUT2D eigenvalue weighted by atomic mass is 24.6. The van der Waals surface area contributed by atoms with Crippen LogP contribution < -0.4 is 3.69 Å². The minimum absolute atomic E-state index is 1.31. The van der Waals surface area contributed by atoms with Gasteiger partial charge >= 0.3 is 20.9 Å². The molecule has 0 aliphatic heterocycles. The average molecular weight is 210 g/mol. The van der Waals surface area contributed by atoms with Gasteiger partial charge in [-0.25, -0.2) is 22.0 Å². The Labute approximate surface area is 79.0 Å². The predicted octanol–water partition coefficient (Wildman–Crippen LogP) is 1.60. The van der Waals surface area contributed by atoms with Gasteiger partial charge in [-0.15, -0.1) is 0 Å². The van der Waals surface area contributed by atoms with E-state index in [2.05, 4.69) is 0 Å². The SMILES string of the molecule is [F][Mg][c]1c(F)c(F)c(F)c(F)c1F. The Morgan fingerprint density at radius 1 is 0.615 bits per heavy atom. The van der Waals surface area contributed by atoms with Crippen LogP contribution in [0.3, 0.4) is 0 Å². The largest absolute Gasteiger partial charge is 0.658 e. The first kappa shape index (κ1) is 10.6. The van der Waals surface area contributed by atoms with Crippen molar-refractivity contribution in [2.75, 3.05) is 0 Å². The molecule has 0 heterocycles. The molecule has 7 heteroatoms. The summed E-state index contributed by atoms with van der Waals surface area (Å²) in [6.45, 7) is 0. The molecule has 1 aromatic carbocycles. The fourth-order valence-corrected chi connectivity index (χ4v) is 1.31. The third-order valence-corrected chi connectivity index (χ3v) is 2.32. The molecule has 0 saturated carbocycles. The fraction of sp³-hybridized carbons (Fsp3) is 0. The van der Waals surface area contributed by atoms with Crippen molar-refractivity contribution in [2.45, 2.75) is 0 Å². The molecule has 0 nitrogen and oxygen atoms in total. The van der Waals surface area contributed by atoms with Crippen molar-refractivity contribution in [3.05, 3.63) is 29.1 Å². The normalized spacial score (nSPS) is 10.0. The molecular weight excluding hydrogens is 210 g/mol. The molecule has 0 aliphatic carbocycles. The van der Waals surface area contributed by atoms with Crippen LogP contribution in [-0.4, -0.2) is 20.9 Å². The summed E-state index contributed by atoms with van der Waals surface area (Å²) in [6, 6.07) is 0. The van der Waals surface area contributed by atoms with Crippen molar-refractivity contribution < 1.29 is 24.9 Å². The molecule has 1 rings (SSSR count). The lowest BCUT2D eigenvalue weighted by atomic mass is 10.3. The molecule has 68 valence electrons. The van der Waals surface area contributed by atoms with Gasteiger partial charge in [0.2, 0.25) is 0 Å². The molecule has 0 aliphatic rings. The summed E-state index contributed by atoms with van der Waals surface area (Å²) >= 11 is -2.92. The Bertz CT molecular complexity index is 320. The first-order valence-corrected chi connectivity index (χ1v) is 4.31. The Morgan fingerprint density at radius 3 is 1.23 bits per heavy atom. The van der Waals surface area contributed by atoms with E-state index < -0.39 is 53.7 Å². The average Bonchev–Trinajstić information content (AvgIpc) is 2.13. The van der Waals surface area contributed by atoms with Crippen molar-refractivity contribution in [1.82, 2.24) is 0 Å². The zero-order chi connectivity index (χ0) is 10.2. The van der Waals surface area contributed by atoms with E-state index in [-0.39, 0.29) is 0 Å². The molecule has 0 radical (unpaired) electrons. The molecular formula is C6F6Mg. The second-order valence-electron chi connectivity index (χ2n) is 2.18. The molecule has 0 N–H and O–H groups in total. The third kappa shape index (κ3) is 1.62. The van der Waals surface area contributed by atoms with Gasteiger partial charge in [0.25, 0.3) is 0 Å². The fourth-order valence-electron chi connectivity index (χ4n) is 0.768. The van der Waals surface area contributed by atoms with Gasteiger partial charge < -0.3 is 2.96 Å². The van der Waals surface area contributed by atoms with E-state index in [1.165, 1.54) is 0 Å². The van der Waals surface area contributed by atoms with E-state index in [4.69, 9.17) is 0 Å². The van der Waals surface area contributed by atoms with Gasteiger partial charge in [0, 0.05) is 0 Å². The van der Waals surface area contributed by atoms with Gasteiger partial charge in [0.05, 0.1) is 0 Å². The molecule has 0 bridgehead atoms. The van der Waals surface area contributed by atoms with Crippen LogP contribution in [0.1, 0.15) is 0 Å². The number of hydrogen-bond donors (Lipinski definition) is 0. The number of rotatable bonds is 1. The van der Waals surface area contributed by atoms with E-state index in [0.717, 1.165) is 0 Å². The predicted molar refractivity (Wildman–Crippen MR) is 32.7 cm³/mol. The first-order chi connectivity index (χ1) is 6.00. The maximum absolute atomic E-state index is 12.5. The standard InChI is InChI=1S/C6F5.FH.Mg/c7-2-1-3(8)5(10)6(11)4(2)9;;/h;1H;/q;;+1/p-1. The van der Waals surface area contributed by atoms with Crippen LogP contribution >= 0.6 is 0 Å². The van der Waals surface area contributed by atoms with Gasteiger partial charge in [-0.2, -0.15) is 0 Å². The Balaban J connectivity index is 3.56. The monoisotopic (exact) mass is 210 g/mol. The molecule has 0 spiro atoms. The van der Waals surface area contributed by atoms with Crippen molar-refractivity contribution in [1.29, 1.82) is 0 Å². The summed E-state index contributed by atoms with van der Waals surface area (Å²) in [4.78, 5) is 0. The summed E-state index contributed by atoms with van der Waals surface area (Å²) in [6.07, 6.45) is 0. The van der Waals surface area contributed by atoms with Crippen molar-refractivity contribution in [3.8, 4) is 0 Å². The Morgan fingerprint density at radius 2 is 0.923 bits per heavy atom.